The Morgan fingerprint density at radius 1 is 1.40 bits per heavy atom. The van der Waals surface area contributed by atoms with Gasteiger partial charge in [-0.15, -0.1) is 10.2 Å². The summed E-state index contributed by atoms with van der Waals surface area (Å²) in [5.74, 6) is 1.17. The summed E-state index contributed by atoms with van der Waals surface area (Å²) in [7, 11) is 4.14. The first-order chi connectivity index (χ1) is 9.56. The SMILES string of the molecule is C[NH+](C)CCSc1nnc(-c2cccc([N+](=O)[O-])c2)o1. The van der Waals surface area contributed by atoms with Crippen molar-refractivity contribution in [3.8, 4) is 11.5 Å². The van der Waals surface area contributed by atoms with Crippen LogP contribution in [0, 0.1) is 10.1 Å². The molecule has 0 fully saturated rings. The Morgan fingerprint density at radius 2 is 2.20 bits per heavy atom. The maximum Gasteiger partial charge on any atom is 0.277 e. The van der Waals surface area contributed by atoms with Gasteiger partial charge >= 0.3 is 0 Å². The fourth-order valence-electron chi connectivity index (χ4n) is 1.48. The monoisotopic (exact) mass is 295 g/mol. The normalized spacial score (nSPS) is 10.9. The second-order valence-corrected chi connectivity index (χ2v) is 5.53. The van der Waals surface area contributed by atoms with Gasteiger partial charge < -0.3 is 9.32 Å². The number of hydrogen-bond donors (Lipinski definition) is 1. The van der Waals surface area contributed by atoms with E-state index in [2.05, 4.69) is 24.3 Å². The lowest BCUT2D eigenvalue weighted by Gasteiger charge is -2.03. The maximum absolute atomic E-state index is 10.7. The fraction of sp³-hybridized carbons (Fsp3) is 0.333. The molecule has 1 aromatic heterocycles. The van der Waals surface area contributed by atoms with Crippen LogP contribution in [-0.4, -0.2) is 41.5 Å². The molecule has 106 valence electrons. The summed E-state index contributed by atoms with van der Waals surface area (Å²) < 4.78 is 5.50. The third-order valence-electron chi connectivity index (χ3n) is 2.54. The van der Waals surface area contributed by atoms with Crippen LogP contribution in [0.5, 0.6) is 0 Å². The van der Waals surface area contributed by atoms with Gasteiger partial charge in [-0.25, -0.2) is 0 Å². The minimum absolute atomic E-state index is 0.00566. The number of non-ortho nitro benzene ring substituents is 1. The molecule has 2 rings (SSSR count). The lowest BCUT2D eigenvalue weighted by atomic mass is 10.2. The summed E-state index contributed by atoms with van der Waals surface area (Å²) in [4.78, 5) is 11.6. The highest BCUT2D eigenvalue weighted by Crippen LogP contribution is 2.25. The summed E-state index contributed by atoms with van der Waals surface area (Å²) >= 11 is 1.48. The van der Waals surface area contributed by atoms with Crippen molar-refractivity contribution in [3.05, 3.63) is 34.4 Å². The highest BCUT2D eigenvalue weighted by atomic mass is 32.2. The molecule has 0 saturated carbocycles. The zero-order chi connectivity index (χ0) is 14.5. The molecule has 0 aliphatic rings. The number of rotatable bonds is 6. The molecule has 0 radical (unpaired) electrons. The molecule has 20 heavy (non-hydrogen) atoms. The summed E-state index contributed by atoms with van der Waals surface area (Å²) in [5, 5.41) is 19.1. The molecule has 0 atom stereocenters. The third kappa shape index (κ3) is 3.78. The van der Waals surface area contributed by atoms with Gasteiger partial charge in [0.2, 0.25) is 5.89 Å². The van der Waals surface area contributed by atoms with E-state index in [0.29, 0.717) is 16.7 Å². The van der Waals surface area contributed by atoms with Crippen LogP contribution < -0.4 is 4.90 Å². The van der Waals surface area contributed by atoms with E-state index in [1.165, 1.54) is 28.8 Å². The van der Waals surface area contributed by atoms with Crippen LogP contribution in [0.25, 0.3) is 11.5 Å². The lowest BCUT2D eigenvalue weighted by molar-refractivity contribution is -0.855. The van der Waals surface area contributed by atoms with Gasteiger partial charge in [0.15, 0.2) is 0 Å². The summed E-state index contributed by atoms with van der Waals surface area (Å²) in [5.41, 5.74) is 0.558. The van der Waals surface area contributed by atoms with E-state index < -0.39 is 4.92 Å². The minimum atomic E-state index is -0.449. The third-order valence-corrected chi connectivity index (χ3v) is 3.36. The zero-order valence-electron chi connectivity index (χ0n) is 11.2. The summed E-state index contributed by atoms with van der Waals surface area (Å²) in [6, 6.07) is 6.15. The Bertz CT molecular complexity index is 600. The average Bonchev–Trinajstić information content (AvgIpc) is 2.87. The zero-order valence-corrected chi connectivity index (χ0v) is 12.0. The van der Waals surface area contributed by atoms with Gasteiger partial charge in [-0.05, 0) is 6.07 Å². The van der Waals surface area contributed by atoms with Crippen LogP contribution in [0.1, 0.15) is 0 Å². The molecule has 1 N–H and O–H groups in total. The van der Waals surface area contributed by atoms with Gasteiger partial charge in [-0.3, -0.25) is 10.1 Å². The Hall–Kier alpha value is -1.93. The molecular weight excluding hydrogens is 280 g/mol. The Morgan fingerprint density at radius 3 is 2.90 bits per heavy atom. The van der Waals surface area contributed by atoms with Crippen LogP contribution in [0.15, 0.2) is 33.9 Å². The quantitative estimate of drug-likeness (QED) is 0.484. The molecule has 0 bridgehead atoms. The predicted octanol–water partition coefficient (Wildman–Crippen LogP) is 0.881. The fourth-order valence-corrected chi connectivity index (χ4v) is 2.40. The van der Waals surface area contributed by atoms with Crippen molar-refractivity contribution in [3.63, 3.8) is 0 Å². The van der Waals surface area contributed by atoms with E-state index in [4.69, 9.17) is 4.42 Å². The standard InChI is InChI=1S/C12H14N4O3S/c1-15(2)6-7-20-12-14-13-11(19-12)9-4-3-5-10(8-9)16(17)18/h3-5,8H,6-7H2,1-2H3/p+1. The van der Waals surface area contributed by atoms with E-state index >= 15 is 0 Å². The van der Waals surface area contributed by atoms with Crippen molar-refractivity contribution in [1.29, 1.82) is 0 Å². The molecule has 0 unspecified atom stereocenters. The van der Waals surface area contributed by atoms with Gasteiger partial charge in [0, 0.05) is 17.7 Å². The van der Waals surface area contributed by atoms with Gasteiger partial charge in [0.1, 0.15) is 0 Å². The average molecular weight is 295 g/mol. The number of aromatic nitrogens is 2. The van der Waals surface area contributed by atoms with Crippen LogP contribution in [-0.2, 0) is 0 Å². The number of quaternary nitrogens is 1. The van der Waals surface area contributed by atoms with Crippen LogP contribution >= 0.6 is 11.8 Å². The first-order valence-electron chi connectivity index (χ1n) is 6.06. The van der Waals surface area contributed by atoms with Crippen molar-refractivity contribution in [1.82, 2.24) is 10.2 Å². The van der Waals surface area contributed by atoms with Gasteiger partial charge in [0.05, 0.1) is 31.3 Å². The largest absolute Gasteiger partial charge is 0.411 e. The number of nitrogens with one attached hydrogen (secondary N) is 1. The maximum atomic E-state index is 10.7. The highest BCUT2D eigenvalue weighted by Gasteiger charge is 2.13. The topological polar surface area (TPSA) is 86.5 Å². The number of benzene rings is 1. The van der Waals surface area contributed by atoms with Crippen LogP contribution in [0.4, 0.5) is 5.69 Å². The molecule has 0 aliphatic carbocycles. The van der Waals surface area contributed by atoms with Gasteiger partial charge in [-0.2, -0.15) is 0 Å². The number of nitro groups is 1. The smallest absolute Gasteiger partial charge is 0.277 e. The van der Waals surface area contributed by atoms with E-state index in [0.717, 1.165) is 12.3 Å². The van der Waals surface area contributed by atoms with Crippen LogP contribution in [0.3, 0.4) is 0 Å². The molecule has 7 nitrogen and oxygen atoms in total. The summed E-state index contributed by atoms with van der Waals surface area (Å²) in [6.45, 7) is 0.985. The van der Waals surface area contributed by atoms with E-state index in [1.54, 1.807) is 12.1 Å². The molecule has 0 saturated heterocycles. The molecule has 0 spiro atoms. The van der Waals surface area contributed by atoms with Crippen molar-refractivity contribution in [2.75, 3.05) is 26.4 Å². The molecular formula is C12H15N4O3S+. The van der Waals surface area contributed by atoms with E-state index in [1.807, 2.05) is 0 Å². The van der Waals surface area contributed by atoms with E-state index in [9.17, 15) is 10.1 Å². The summed E-state index contributed by atoms with van der Waals surface area (Å²) in [6.07, 6.45) is 0. The number of thioether (sulfide) groups is 1. The Balaban J connectivity index is 2.08. The first-order valence-corrected chi connectivity index (χ1v) is 7.05. The number of nitrogens with zero attached hydrogens (tertiary/aromatic N) is 3. The van der Waals surface area contributed by atoms with Crippen molar-refractivity contribution >= 4 is 17.4 Å². The molecule has 0 amide bonds. The molecule has 1 heterocycles. The lowest BCUT2D eigenvalue weighted by Crippen LogP contribution is -3.06. The van der Waals surface area contributed by atoms with Crippen molar-refractivity contribution in [2.45, 2.75) is 5.22 Å². The highest BCUT2D eigenvalue weighted by molar-refractivity contribution is 7.99. The molecule has 0 aliphatic heterocycles. The molecule has 8 heteroatoms. The Labute approximate surface area is 120 Å². The predicted molar refractivity (Wildman–Crippen MR) is 74.8 cm³/mol. The van der Waals surface area contributed by atoms with Crippen molar-refractivity contribution in [2.24, 2.45) is 0 Å². The van der Waals surface area contributed by atoms with Gasteiger partial charge in [-0.1, -0.05) is 17.8 Å². The van der Waals surface area contributed by atoms with Gasteiger partial charge in [0.25, 0.3) is 10.9 Å². The molecule has 2 aromatic rings. The number of nitro benzene ring substituents is 1. The second-order valence-electron chi connectivity index (χ2n) is 4.49. The second kappa shape index (κ2) is 6.49. The Kier molecular flexibility index (Phi) is 4.70. The minimum Gasteiger partial charge on any atom is -0.411 e. The first kappa shape index (κ1) is 14.5. The van der Waals surface area contributed by atoms with Crippen LogP contribution in [0.2, 0.25) is 0 Å². The molecule has 1 aromatic carbocycles. The van der Waals surface area contributed by atoms with Crippen molar-refractivity contribution < 1.29 is 14.2 Å². The number of hydrogen-bond acceptors (Lipinski definition) is 6. The van der Waals surface area contributed by atoms with E-state index in [-0.39, 0.29) is 5.69 Å².